The lowest BCUT2D eigenvalue weighted by molar-refractivity contribution is -0.142. The van der Waals surface area contributed by atoms with Gasteiger partial charge in [-0.25, -0.2) is 9.78 Å². The molecule has 0 saturated heterocycles. The fourth-order valence-corrected chi connectivity index (χ4v) is 3.10. The SMILES string of the molecule is O=C(CSCc1cc(=O)n2ccsc2n1)N[C@@H](CO)C(=O)O. The monoisotopic (exact) mass is 343 g/mol. The van der Waals surface area contributed by atoms with Gasteiger partial charge in [0.15, 0.2) is 4.96 Å². The molecule has 10 heteroatoms. The van der Waals surface area contributed by atoms with E-state index >= 15 is 0 Å². The van der Waals surface area contributed by atoms with Gasteiger partial charge >= 0.3 is 5.97 Å². The maximum atomic E-state index is 11.8. The summed E-state index contributed by atoms with van der Waals surface area (Å²) in [5, 5.41) is 21.5. The summed E-state index contributed by atoms with van der Waals surface area (Å²) in [5.41, 5.74) is 0.375. The van der Waals surface area contributed by atoms with E-state index in [9.17, 15) is 14.4 Å². The number of fused-ring (bicyclic) bond motifs is 1. The van der Waals surface area contributed by atoms with Gasteiger partial charge in [-0.3, -0.25) is 14.0 Å². The molecule has 0 fully saturated rings. The topological polar surface area (TPSA) is 121 Å². The third-order valence-corrected chi connectivity index (χ3v) is 4.38. The molecule has 2 heterocycles. The maximum absolute atomic E-state index is 11.8. The number of carbonyl (C=O) groups excluding carboxylic acids is 1. The third-order valence-electron chi connectivity index (χ3n) is 2.66. The molecular weight excluding hydrogens is 330 g/mol. The van der Waals surface area contributed by atoms with Crippen LogP contribution in [-0.4, -0.2) is 49.9 Å². The molecule has 1 amide bonds. The Kier molecular flexibility index (Phi) is 5.52. The predicted octanol–water partition coefficient (Wildman–Crippen LogP) is -0.449. The Hall–Kier alpha value is -1.91. The molecule has 2 aromatic heterocycles. The number of carbonyl (C=O) groups is 2. The first-order chi connectivity index (χ1) is 10.5. The van der Waals surface area contributed by atoms with Crippen LogP contribution in [-0.2, 0) is 15.3 Å². The largest absolute Gasteiger partial charge is 0.480 e. The number of rotatable bonds is 7. The van der Waals surface area contributed by atoms with Gasteiger partial charge in [-0.2, -0.15) is 0 Å². The number of carboxylic acids is 1. The van der Waals surface area contributed by atoms with Gasteiger partial charge in [0.2, 0.25) is 5.91 Å². The summed E-state index contributed by atoms with van der Waals surface area (Å²) in [6.45, 7) is -0.668. The molecule has 0 radical (unpaired) electrons. The molecule has 22 heavy (non-hydrogen) atoms. The molecule has 2 aromatic rings. The van der Waals surface area contributed by atoms with Crippen molar-refractivity contribution in [2.45, 2.75) is 11.8 Å². The van der Waals surface area contributed by atoms with Crippen molar-refractivity contribution in [2.24, 2.45) is 0 Å². The predicted molar refractivity (Wildman–Crippen MR) is 82.2 cm³/mol. The van der Waals surface area contributed by atoms with Crippen molar-refractivity contribution < 1.29 is 19.8 Å². The second-order valence-electron chi connectivity index (χ2n) is 4.28. The van der Waals surface area contributed by atoms with Crippen LogP contribution in [0.5, 0.6) is 0 Å². The second kappa shape index (κ2) is 7.38. The molecular formula is C12H13N3O5S2. The van der Waals surface area contributed by atoms with Crippen molar-refractivity contribution in [3.63, 3.8) is 0 Å². The smallest absolute Gasteiger partial charge is 0.328 e. The number of thioether (sulfide) groups is 1. The maximum Gasteiger partial charge on any atom is 0.328 e. The van der Waals surface area contributed by atoms with Crippen LogP contribution in [0.25, 0.3) is 4.96 Å². The van der Waals surface area contributed by atoms with Gasteiger partial charge in [-0.1, -0.05) is 0 Å². The number of carboxylic acid groups (broad SMARTS) is 1. The molecule has 0 aliphatic heterocycles. The normalized spacial score (nSPS) is 12.2. The Balaban J connectivity index is 1.88. The van der Waals surface area contributed by atoms with Gasteiger partial charge in [0.05, 0.1) is 18.1 Å². The molecule has 0 aliphatic rings. The number of nitrogens with zero attached hydrogens (tertiary/aromatic N) is 2. The average molecular weight is 343 g/mol. The van der Waals surface area contributed by atoms with E-state index in [0.29, 0.717) is 16.4 Å². The van der Waals surface area contributed by atoms with Crippen LogP contribution in [0.3, 0.4) is 0 Å². The highest BCUT2D eigenvalue weighted by Gasteiger charge is 2.18. The van der Waals surface area contributed by atoms with Crippen molar-refractivity contribution in [1.29, 1.82) is 0 Å². The van der Waals surface area contributed by atoms with Crippen molar-refractivity contribution in [2.75, 3.05) is 12.4 Å². The van der Waals surface area contributed by atoms with Gasteiger partial charge < -0.3 is 15.5 Å². The van der Waals surface area contributed by atoms with Crippen LogP contribution in [0.1, 0.15) is 5.69 Å². The molecule has 118 valence electrons. The number of nitrogens with one attached hydrogen (secondary N) is 1. The number of aromatic nitrogens is 2. The molecule has 0 spiro atoms. The van der Waals surface area contributed by atoms with Crippen LogP contribution >= 0.6 is 23.1 Å². The lowest BCUT2D eigenvalue weighted by atomic mass is 10.3. The molecule has 0 unspecified atom stereocenters. The second-order valence-corrected chi connectivity index (χ2v) is 6.13. The fraction of sp³-hybridized carbons (Fsp3) is 0.333. The molecule has 8 nitrogen and oxygen atoms in total. The van der Waals surface area contributed by atoms with Crippen molar-refractivity contribution >= 4 is 39.9 Å². The van der Waals surface area contributed by atoms with Crippen LogP contribution in [0.2, 0.25) is 0 Å². The average Bonchev–Trinajstić information content (AvgIpc) is 2.93. The van der Waals surface area contributed by atoms with E-state index in [4.69, 9.17) is 10.2 Å². The van der Waals surface area contributed by atoms with E-state index in [0.717, 1.165) is 0 Å². The van der Waals surface area contributed by atoms with Gasteiger partial charge in [0.1, 0.15) is 6.04 Å². The van der Waals surface area contributed by atoms with Crippen LogP contribution in [0.15, 0.2) is 22.4 Å². The summed E-state index contributed by atoms with van der Waals surface area (Å²) in [6.07, 6.45) is 1.64. The molecule has 3 N–H and O–H groups in total. The minimum absolute atomic E-state index is 0.00920. The summed E-state index contributed by atoms with van der Waals surface area (Å²) in [7, 11) is 0. The summed E-state index contributed by atoms with van der Waals surface area (Å²) in [5.74, 6) is -1.43. The van der Waals surface area contributed by atoms with E-state index in [1.54, 1.807) is 11.6 Å². The third kappa shape index (κ3) is 4.06. The van der Waals surface area contributed by atoms with Crippen molar-refractivity contribution in [3.05, 3.63) is 33.7 Å². The van der Waals surface area contributed by atoms with Gasteiger partial charge in [-0.05, 0) is 0 Å². The van der Waals surface area contributed by atoms with Gasteiger partial charge in [0.25, 0.3) is 5.56 Å². The van der Waals surface area contributed by atoms with E-state index in [-0.39, 0.29) is 11.3 Å². The highest BCUT2D eigenvalue weighted by Crippen LogP contribution is 2.12. The Bertz CT molecular complexity index is 742. The molecule has 0 saturated carbocycles. The highest BCUT2D eigenvalue weighted by atomic mass is 32.2. The minimum Gasteiger partial charge on any atom is -0.480 e. The summed E-state index contributed by atoms with van der Waals surface area (Å²) >= 11 is 2.55. The standard InChI is InChI=1S/C12H13N3O5S2/c16-4-8(11(19)20)14-9(17)6-21-5-7-3-10(18)15-1-2-22-12(15)13-7/h1-3,8,16H,4-6H2,(H,14,17)(H,19,20)/t8-/m0/s1. The number of aliphatic hydroxyl groups excluding tert-OH is 1. The Morgan fingerprint density at radius 3 is 2.95 bits per heavy atom. The number of amides is 1. The van der Waals surface area contributed by atoms with Gasteiger partial charge in [-0.15, -0.1) is 23.1 Å². The molecule has 0 aromatic carbocycles. The lowest BCUT2D eigenvalue weighted by Gasteiger charge is -2.11. The van der Waals surface area contributed by atoms with Crippen LogP contribution in [0.4, 0.5) is 0 Å². The molecule has 2 rings (SSSR count). The highest BCUT2D eigenvalue weighted by molar-refractivity contribution is 7.99. The van der Waals surface area contributed by atoms with E-state index in [1.165, 1.54) is 33.6 Å². The van der Waals surface area contributed by atoms with Crippen molar-refractivity contribution in [1.82, 2.24) is 14.7 Å². The zero-order valence-electron chi connectivity index (χ0n) is 11.3. The van der Waals surface area contributed by atoms with Gasteiger partial charge in [0, 0.05) is 23.4 Å². The van der Waals surface area contributed by atoms with Crippen LogP contribution < -0.4 is 10.9 Å². The van der Waals surface area contributed by atoms with Crippen molar-refractivity contribution in [3.8, 4) is 0 Å². The Morgan fingerprint density at radius 2 is 2.27 bits per heavy atom. The first-order valence-corrected chi connectivity index (χ1v) is 8.21. The first kappa shape index (κ1) is 16.5. The number of aliphatic hydroxyl groups is 1. The van der Waals surface area contributed by atoms with Crippen LogP contribution in [0, 0.1) is 0 Å². The zero-order chi connectivity index (χ0) is 16.1. The summed E-state index contributed by atoms with van der Waals surface area (Å²) < 4.78 is 1.43. The number of aliphatic carboxylic acids is 1. The number of hydrogen-bond donors (Lipinski definition) is 3. The van der Waals surface area contributed by atoms with E-state index in [1.807, 2.05) is 0 Å². The quantitative estimate of drug-likeness (QED) is 0.622. The number of thiazole rings is 1. The van der Waals surface area contributed by atoms with E-state index < -0.39 is 24.5 Å². The zero-order valence-corrected chi connectivity index (χ0v) is 12.9. The summed E-state index contributed by atoms with van der Waals surface area (Å²) in [4.78, 5) is 38.9. The lowest BCUT2D eigenvalue weighted by Crippen LogP contribution is -2.44. The number of hydrogen-bond acceptors (Lipinski definition) is 7. The Morgan fingerprint density at radius 1 is 1.50 bits per heavy atom. The summed E-state index contributed by atoms with van der Waals surface area (Å²) in [6, 6.07) is 0.0941. The molecule has 0 bridgehead atoms. The fourth-order valence-electron chi connectivity index (χ4n) is 1.63. The molecule has 0 aliphatic carbocycles. The molecule has 1 atom stereocenters. The minimum atomic E-state index is -1.31. The van der Waals surface area contributed by atoms with E-state index in [2.05, 4.69) is 10.3 Å². The Labute approximate surface area is 132 Å². The first-order valence-electron chi connectivity index (χ1n) is 6.18.